The van der Waals surface area contributed by atoms with Gasteiger partial charge in [0.15, 0.2) is 0 Å². The number of likely N-dealkylation sites (tertiary alicyclic amines) is 1. The van der Waals surface area contributed by atoms with Crippen molar-refractivity contribution >= 4 is 29.7 Å². The van der Waals surface area contributed by atoms with Crippen molar-refractivity contribution in [1.29, 1.82) is 0 Å². The van der Waals surface area contributed by atoms with Crippen LogP contribution in [0.15, 0.2) is 18.2 Å². The largest absolute Gasteiger partial charge is 0.355 e. The number of amides is 6. The molecule has 6 amide bonds. The molecule has 3 heterocycles. The molecule has 0 saturated carbocycles. The van der Waals surface area contributed by atoms with Crippen LogP contribution in [0.2, 0.25) is 0 Å². The average molecular weight is 601 g/mol. The summed E-state index contributed by atoms with van der Waals surface area (Å²) in [6, 6.07) is 3.12. The highest BCUT2D eigenvalue weighted by Crippen LogP contribution is 2.24. The van der Waals surface area contributed by atoms with Gasteiger partial charge in [0.2, 0.25) is 17.7 Å². The van der Waals surface area contributed by atoms with E-state index in [2.05, 4.69) is 10.6 Å². The molecule has 1 aromatic carbocycles. The van der Waals surface area contributed by atoms with Crippen LogP contribution in [0.1, 0.15) is 61.9 Å². The maximum atomic E-state index is 14.8. The second kappa shape index (κ2) is 14.2. The Balaban J connectivity index is 1.56. The fourth-order valence-electron chi connectivity index (χ4n) is 6.11. The van der Waals surface area contributed by atoms with Crippen LogP contribution in [0.4, 0.5) is 9.18 Å². The van der Waals surface area contributed by atoms with E-state index in [1.807, 2.05) is 13.8 Å². The number of carbonyl (C=O) groups excluding carboxylic acids is 5. The molecule has 0 aromatic heterocycles. The number of hydrogen-bond acceptors (Lipinski definition) is 5. The first-order valence-electron chi connectivity index (χ1n) is 15.4. The molecule has 0 aliphatic carbocycles. The van der Waals surface area contributed by atoms with Gasteiger partial charge in [0, 0.05) is 58.8 Å². The number of nitrogens with one attached hydrogen (secondary N) is 2. The number of benzene rings is 1. The van der Waals surface area contributed by atoms with Gasteiger partial charge in [-0.1, -0.05) is 19.9 Å². The Bertz CT molecular complexity index is 1220. The van der Waals surface area contributed by atoms with E-state index in [1.165, 1.54) is 20.8 Å². The Morgan fingerprint density at radius 2 is 1.72 bits per heavy atom. The van der Waals surface area contributed by atoms with Crippen LogP contribution >= 0.6 is 0 Å². The maximum absolute atomic E-state index is 14.8. The second-order valence-corrected chi connectivity index (χ2v) is 12.4. The highest BCUT2D eigenvalue weighted by atomic mass is 19.1. The van der Waals surface area contributed by atoms with Crippen molar-refractivity contribution in [2.75, 3.05) is 53.4 Å². The number of carbonyl (C=O) groups is 5. The van der Waals surface area contributed by atoms with Gasteiger partial charge in [-0.2, -0.15) is 0 Å². The van der Waals surface area contributed by atoms with Crippen LogP contribution in [-0.4, -0.2) is 115 Å². The first kappa shape index (κ1) is 32.2. The van der Waals surface area contributed by atoms with E-state index in [1.54, 1.807) is 31.1 Å². The van der Waals surface area contributed by atoms with Gasteiger partial charge in [-0.3, -0.25) is 19.2 Å². The number of urea groups is 1. The monoisotopic (exact) mass is 600 g/mol. The van der Waals surface area contributed by atoms with Gasteiger partial charge in [-0.25, -0.2) is 9.18 Å². The molecule has 2 N–H and O–H groups in total. The molecule has 3 aliphatic heterocycles. The van der Waals surface area contributed by atoms with Crippen LogP contribution in [0.5, 0.6) is 0 Å². The molecule has 2 bridgehead atoms. The van der Waals surface area contributed by atoms with Crippen LogP contribution in [0.25, 0.3) is 0 Å². The zero-order valence-electron chi connectivity index (χ0n) is 25.7. The molecule has 12 heteroatoms. The Morgan fingerprint density at radius 1 is 1.00 bits per heavy atom. The minimum Gasteiger partial charge on any atom is -0.355 e. The number of aryl methyl sites for hydroxylation is 1. The normalized spacial score (nSPS) is 23.0. The highest BCUT2D eigenvalue weighted by molar-refractivity contribution is 5.98. The molecule has 2 atom stereocenters. The number of nitrogens with zero attached hydrogens (tertiary/aromatic N) is 4. The lowest BCUT2D eigenvalue weighted by Gasteiger charge is -2.37. The Hall–Kier alpha value is -3.70. The number of halogens is 1. The molecule has 2 fully saturated rings. The lowest BCUT2D eigenvalue weighted by Crippen LogP contribution is -2.56. The number of hydrogen-bond donors (Lipinski definition) is 2. The third kappa shape index (κ3) is 7.83. The average Bonchev–Trinajstić information content (AvgIpc) is 3.48. The predicted molar refractivity (Wildman–Crippen MR) is 159 cm³/mol. The van der Waals surface area contributed by atoms with Gasteiger partial charge >= 0.3 is 6.03 Å². The van der Waals surface area contributed by atoms with Crippen LogP contribution in [0, 0.1) is 17.7 Å². The topological polar surface area (TPSA) is 122 Å². The Labute approximate surface area is 253 Å². The van der Waals surface area contributed by atoms with Crippen LogP contribution in [0.3, 0.4) is 0 Å². The molecule has 3 aliphatic rings. The summed E-state index contributed by atoms with van der Waals surface area (Å²) in [4.78, 5) is 72.5. The van der Waals surface area contributed by atoms with E-state index in [4.69, 9.17) is 0 Å². The summed E-state index contributed by atoms with van der Waals surface area (Å²) in [5.41, 5.74) is 0.709. The van der Waals surface area contributed by atoms with Gasteiger partial charge in [0.05, 0.1) is 12.1 Å². The Morgan fingerprint density at radius 3 is 2.40 bits per heavy atom. The zero-order valence-corrected chi connectivity index (χ0v) is 25.7. The van der Waals surface area contributed by atoms with Gasteiger partial charge < -0.3 is 30.2 Å². The van der Waals surface area contributed by atoms with Crippen molar-refractivity contribution in [3.05, 3.63) is 35.1 Å². The first-order valence-corrected chi connectivity index (χ1v) is 15.4. The molecule has 1 aromatic rings. The molecular weight excluding hydrogens is 555 g/mol. The first-order chi connectivity index (χ1) is 20.5. The summed E-state index contributed by atoms with van der Waals surface area (Å²) in [6.45, 7) is 5.44. The maximum Gasteiger partial charge on any atom is 0.319 e. The highest BCUT2D eigenvalue weighted by Gasteiger charge is 2.38. The zero-order chi connectivity index (χ0) is 31.3. The SMILES string of the molecule is CC(C)[C@@H]1CN(C(=O)C2CCN(C(=O)N(C)C)CC2)CC(=O)NCCCc2ccc(F)c(c2)C(=O)N2CCC[C@H]2C(=O)N1. The van der Waals surface area contributed by atoms with Gasteiger partial charge in [0.25, 0.3) is 5.91 Å². The third-order valence-electron chi connectivity index (χ3n) is 8.73. The minimum absolute atomic E-state index is 0.0546. The van der Waals surface area contributed by atoms with Crippen molar-refractivity contribution in [3.63, 3.8) is 0 Å². The van der Waals surface area contributed by atoms with Crippen molar-refractivity contribution in [2.45, 2.75) is 64.5 Å². The molecule has 0 unspecified atom stereocenters. The van der Waals surface area contributed by atoms with Crippen LogP contribution < -0.4 is 10.6 Å². The molecule has 236 valence electrons. The summed E-state index contributed by atoms with van der Waals surface area (Å²) >= 11 is 0. The van der Waals surface area contributed by atoms with Gasteiger partial charge in [-0.15, -0.1) is 0 Å². The van der Waals surface area contributed by atoms with Gasteiger partial charge in [-0.05, 0) is 62.1 Å². The molecular formula is C31H45FN6O5. The quantitative estimate of drug-likeness (QED) is 0.537. The van der Waals surface area contributed by atoms with Crippen LogP contribution in [-0.2, 0) is 20.8 Å². The second-order valence-electron chi connectivity index (χ2n) is 12.4. The lowest BCUT2D eigenvalue weighted by atomic mass is 9.94. The van der Waals surface area contributed by atoms with E-state index >= 15 is 0 Å². The summed E-state index contributed by atoms with van der Waals surface area (Å²) in [5, 5.41) is 5.94. The fraction of sp³-hybridized carbons (Fsp3) is 0.645. The van der Waals surface area contributed by atoms with Crippen molar-refractivity contribution < 1.29 is 28.4 Å². The molecule has 11 nitrogen and oxygen atoms in total. The van der Waals surface area contributed by atoms with Crippen molar-refractivity contribution in [1.82, 2.24) is 30.2 Å². The van der Waals surface area contributed by atoms with E-state index < -0.39 is 23.8 Å². The molecule has 0 spiro atoms. The van der Waals surface area contributed by atoms with Gasteiger partial charge in [0.1, 0.15) is 11.9 Å². The van der Waals surface area contributed by atoms with Crippen molar-refractivity contribution in [2.24, 2.45) is 11.8 Å². The van der Waals surface area contributed by atoms with E-state index in [-0.39, 0.29) is 54.2 Å². The lowest BCUT2D eigenvalue weighted by molar-refractivity contribution is -0.141. The number of rotatable bonds is 2. The summed E-state index contributed by atoms with van der Waals surface area (Å²) in [6.07, 6.45) is 3.15. The molecule has 2 saturated heterocycles. The fourth-order valence-corrected chi connectivity index (χ4v) is 6.11. The van der Waals surface area contributed by atoms with E-state index in [0.29, 0.717) is 64.7 Å². The molecule has 0 radical (unpaired) electrons. The predicted octanol–water partition coefficient (Wildman–Crippen LogP) is 1.86. The third-order valence-corrected chi connectivity index (χ3v) is 8.73. The minimum atomic E-state index is -0.751. The van der Waals surface area contributed by atoms with Crippen molar-refractivity contribution in [3.8, 4) is 0 Å². The van der Waals surface area contributed by atoms with E-state index in [9.17, 15) is 28.4 Å². The molecule has 43 heavy (non-hydrogen) atoms. The number of fused-ring (bicyclic) bond motifs is 3. The van der Waals surface area contributed by atoms with E-state index in [0.717, 1.165) is 5.56 Å². The summed E-state index contributed by atoms with van der Waals surface area (Å²) in [5.74, 6) is -2.39. The number of piperidine rings is 1. The standard InChI is InChI=1S/C31H45FN6O5/c1-20(2)25-18-37(29(41)22-11-15-36(16-12-22)31(43)35(3)4)19-27(39)33-13-5-7-21-9-10-24(32)23(17-21)30(42)38-14-6-8-26(38)28(40)34-25/h9-10,17,20,22,25-26H,5-8,11-16,18-19H2,1-4H3,(H,33,39)(H,34,40)/t25-,26-/m0/s1. The smallest absolute Gasteiger partial charge is 0.319 e. The summed E-state index contributed by atoms with van der Waals surface area (Å²) in [7, 11) is 3.39. The summed E-state index contributed by atoms with van der Waals surface area (Å²) < 4.78 is 14.8. The molecule has 4 rings (SSSR count). The Kier molecular flexibility index (Phi) is 10.6.